The zero-order chi connectivity index (χ0) is 9.97. The number of hydrogen-bond acceptors (Lipinski definition) is 3. The van der Waals surface area contributed by atoms with Crippen LogP contribution < -0.4 is 5.32 Å². The summed E-state index contributed by atoms with van der Waals surface area (Å²) in [6, 6.07) is 3.77. The van der Waals surface area contributed by atoms with Crippen LogP contribution in [-0.4, -0.2) is 29.1 Å². The van der Waals surface area contributed by atoms with Crippen molar-refractivity contribution in [3.05, 3.63) is 30.1 Å². The summed E-state index contributed by atoms with van der Waals surface area (Å²) in [7, 11) is 0. The molecule has 0 amide bonds. The lowest BCUT2D eigenvalue weighted by Gasteiger charge is -2.13. The van der Waals surface area contributed by atoms with Crippen molar-refractivity contribution >= 4 is 30.8 Å². The molecule has 0 unspecified atom stereocenters. The topological polar surface area (TPSA) is 62.2 Å². The molecule has 1 aliphatic rings. The summed E-state index contributed by atoms with van der Waals surface area (Å²) in [4.78, 5) is 14.9. The molecule has 16 heavy (non-hydrogen) atoms. The predicted molar refractivity (Wildman–Crippen MR) is 65.5 cm³/mol. The van der Waals surface area contributed by atoms with Crippen molar-refractivity contribution in [3.8, 4) is 0 Å². The molecule has 0 radical (unpaired) electrons. The molecule has 90 valence electrons. The number of rotatable bonds is 2. The fourth-order valence-electron chi connectivity index (χ4n) is 1.88. The third-order valence-electron chi connectivity index (χ3n) is 2.64. The standard InChI is InChI=1S/C10H12N2O2.2ClH/c13-10(14)9-6-12-5-8(9)7-2-1-3-11-4-7;;/h1-4,8-9,12H,5-6H2,(H,13,14);2*1H/t8-,9+;;/m0../s1. The molecule has 6 heteroatoms. The average molecular weight is 265 g/mol. The van der Waals surface area contributed by atoms with E-state index in [0.29, 0.717) is 6.54 Å². The molecule has 2 N–H and O–H groups in total. The number of carboxylic acid groups (broad SMARTS) is 1. The molecule has 2 heterocycles. The van der Waals surface area contributed by atoms with Gasteiger partial charge in [-0.25, -0.2) is 0 Å². The Labute approximate surface area is 106 Å². The molecule has 1 aromatic heterocycles. The van der Waals surface area contributed by atoms with Gasteiger partial charge in [0.25, 0.3) is 0 Å². The lowest BCUT2D eigenvalue weighted by molar-refractivity contribution is -0.141. The molecular weight excluding hydrogens is 251 g/mol. The summed E-state index contributed by atoms with van der Waals surface area (Å²) < 4.78 is 0. The van der Waals surface area contributed by atoms with E-state index in [4.69, 9.17) is 5.11 Å². The molecule has 1 aliphatic heterocycles. The number of halogens is 2. The summed E-state index contributed by atoms with van der Waals surface area (Å²) in [5.41, 5.74) is 1.00. The molecular formula is C10H14Cl2N2O2. The van der Waals surface area contributed by atoms with E-state index in [-0.39, 0.29) is 36.6 Å². The van der Waals surface area contributed by atoms with E-state index in [1.807, 2.05) is 12.1 Å². The van der Waals surface area contributed by atoms with E-state index in [0.717, 1.165) is 12.1 Å². The average Bonchev–Trinajstić information content (AvgIpc) is 2.67. The molecule has 0 saturated carbocycles. The molecule has 2 atom stereocenters. The minimum absolute atomic E-state index is 0. The lowest BCUT2D eigenvalue weighted by atomic mass is 9.90. The number of carboxylic acids is 1. The van der Waals surface area contributed by atoms with Crippen LogP contribution in [0.5, 0.6) is 0 Å². The second-order valence-corrected chi connectivity index (χ2v) is 3.50. The quantitative estimate of drug-likeness (QED) is 0.846. The van der Waals surface area contributed by atoms with E-state index in [1.54, 1.807) is 12.4 Å². The van der Waals surface area contributed by atoms with Crippen LogP contribution in [0, 0.1) is 5.92 Å². The van der Waals surface area contributed by atoms with Gasteiger partial charge in [-0.05, 0) is 11.6 Å². The molecule has 4 nitrogen and oxygen atoms in total. The summed E-state index contributed by atoms with van der Waals surface area (Å²) >= 11 is 0. The second kappa shape index (κ2) is 6.68. The summed E-state index contributed by atoms with van der Waals surface area (Å²) in [6.45, 7) is 1.28. The molecule has 2 rings (SSSR count). The summed E-state index contributed by atoms with van der Waals surface area (Å²) in [5, 5.41) is 12.1. The van der Waals surface area contributed by atoms with Gasteiger partial charge >= 0.3 is 5.97 Å². The van der Waals surface area contributed by atoms with Crippen molar-refractivity contribution in [2.45, 2.75) is 5.92 Å². The van der Waals surface area contributed by atoms with Crippen LogP contribution in [0.1, 0.15) is 11.5 Å². The van der Waals surface area contributed by atoms with Crippen LogP contribution in [-0.2, 0) is 4.79 Å². The van der Waals surface area contributed by atoms with Crippen LogP contribution in [0.2, 0.25) is 0 Å². The van der Waals surface area contributed by atoms with Gasteiger partial charge in [-0.1, -0.05) is 6.07 Å². The first-order chi connectivity index (χ1) is 6.79. The normalized spacial score (nSPS) is 23.0. The van der Waals surface area contributed by atoms with Crippen LogP contribution in [0.3, 0.4) is 0 Å². The first kappa shape index (κ1) is 15.2. The lowest BCUT2D eigenvalue weighted by Crippen LogP contribution is -2.21. The van der Waals surface area contributed by atoms with Crippen LogP contribution in [0.15, 0.2) is 24.5 Å². The van der Waals surface area contributed by atoms with Gasteiger partial charge in [0.1, 0.15) is 0 Å². The van der Waals surface area contributed by atoms with Gasteiger partial charge < -0.3 is 10.4 Å². The maximum absolute atomic E-state index is 10.9. The maximum atomic E-state index is 10.9. The number of nitrogens with one attached hydrogen (secondary N) is 1. The van der Waals surface area contributed by atoms with Crippen LogP contribution in [0.4, 0.5) is 0 Å². The fraction of sp³-hybridized carbons (Fsp3) is 0.400. The molecule has 1 fully saturated rings. The fourth-order valence-corrected chi connectivity index (χ4v) is 1.88. The first-order valence-electron chi connectivity index (χ1n) is 4.62. The van der Waals surface area contributed by atoms with Crippen molar-refractivity contribution in [3.63, 3.8) is 0 Å². The van der Waals surface area contributed by atoms with Gasteiger partial charge in [0.15, 0.2) is 0 Å². The zero-order valence-corrected chi connectivity index (χ0v) is 10.1. The monoisotopic (exact) mass is 264 g/mol. The largest absolute Gasteiger partial charge is 0.481 e. The number of aromatic nitrogens is 1. The molecule has 1 saturated heterocycles. The first-order valence-corrected chi connectivity index (χ1v) is 4.62. The zero-order valence-electron chi connectivity index (χ0n) is 8.50. The van der Waals surface area contributed by atoms with Gasteiger partial charge in [-0.2, -0.15) is 0 Å². The Bertz CT molecular complexity index is 335. The Balaban J connectivity index is 0.00000112. The van der Waals surface area contributed by atoms with Crippen LogP contribution in [0.25, 0.3) is 0 Å². The van der Waals surface area contributed by atoms with E-state index in [1.165, 1.54) is 0 Å². The number of carbonyl (C=O) groups is 1. The summed E-state index contributed by atoms with van der Waals surface area (Å²) in [6.07, 6.45) is 3.44. The molecule has 1 aromatic rings. The minimum Gasteiger partial charge on any atom is -0.481 e. The highest BCUT2D eigenvalue weighted by Gasteiger charge is 2.33. The van der Waals surface area contributed by atoms with E-state index >= 15 is 0 Å². The molecule has 0 aromatic carbocycles. The van der Waals surface area contributed by atoms with Gasteiger partial charge in [-0.3, -0.25) is 9.78 Å². The Hall–Kier alpha value is -0.840. The Morgan fingerprint density at radius 1 is 1.44 bits per heavy atom. The number of pyridine rings is 1. The maximum Gasteiger partial charge on any atom is 0.308 e. The van der Waals surface area contributed by atoms with Crippen molar-refractivity contribution in [1.82, 2.24) is 10.3 Å². The van der Waals surface area contributed by atoms with Crippen LogP contribution >= 0.6 is 24.8 Å². The van der Waals surface area contributed by atoms with Gasteiger partial charge in [0, 0.05) is 31.4 Å². The van der Waals surface area contributed by atoms with Crippen molar-refractivity contribution < 1.29 is 9.90 Å². The second-order valence-electron chi connectivity index (χ2n) is 3.50. The van der Waals surface area contributed by atoms with E-state index in [2.05, 4.69) is 10.3 Å². The molecule has 0 bridgehead atoms. The van der Waals surface area contributed by atoms with Crippen molar-refractivity contribution in [1.29, 1.82) is 0 Å². The van der Waals surface area contributed by atoms with Gasteiger partial charge in [-0.15, -0.1) is 24.8 Å². The highest BCUT2D eigenvalue weighted by atomic mass is 35.5. The molecule has 0 spiro atoms. The van der Waals surface area contributed by atoms with Gasteiger partial charge in [0.05, 0.1) is 5.92 Å². The predicted octanol–water partition coefficient (Wildman–Crippen LogP) is 1.31. The third-order valence-corrected chi connectivity index (χ3v) is 2.64. The minimum atomic E-state index is -0.733. The third kappa shape index (κ3) is 3.07. The van der Waals surface area contributed by atoms with Crippen molar-refractivity contribution in [2.75, 3.05) is 13.1 Å². The summed E-state index contributed by atoms with van der Waals surface area (Å²) in [5.74, 6) is -0.996. The molecule has 0 aliphatic carbocycles. The SMILES string of the molecule is Cl.Cl.O=C(O)[C@@H]1CNC[C@H]1c1cccnc1. The Morgan fingerprint density at radius 2 is 2.19 bits per heavy atom. The van der Waals surface area contributed by atoms with E-state index in [9.17, 15) is 4.79 Å². The number of nitrogens with zero attached hydrogens (tertiary/aromatic N) is 1. The van der Waals surface area contributed by atoms with Gasteiger partial charge in [0.2, 0.25) is 0 Å². The number of hydrogen-bond donors (Lipinski definition) is 2. The highest BCUT2D eigenvalue weighted by Crippen LogP contribution is 2.27. The smallest absolute Gasteiger partial charge is 0.308 e. The Kier molecular flexibility index (Phi) is 6.33. The highest BCUT2D eigenvalue weighted by molar-refractivity contribution is 5.85. The Morgan fingerprint density at radius 3 is 2.75 bits per heavy atom. The van der Waals surface area contributed by atoms with Crippen molar-refractivity contribution in [2.24, 2.45) is 5.92 Å². The number of aliphatic carboxylic acids is 1. The van der Waals surface area contributed by atoms with E-state index < -0.39 is 5.97 Å².